The molecule has 3 rings (SSSR count). The Morgan fingerprint density at radius 2 is 1.25 bits per heavy atom. The average Bonchev–Trinajstić information content (AvgIpc) is 3.50. The van der Waals surface area contributed by atoms with E-state index in [1.54, 1.807) is 68.5 Å². The minimum Gasteiger partial charge on any atom is -0.483 e. The molecular weight excluding hydrogens is 411 g/mol. The third kappa shape index (κ3) is 6.24. The Morgan fingerprint density at radius 3 is 1.66 bits per heavy atom. The average molecular weight is 433 g/mol. The van der Waals surface area contributed by atoms with Crippen LogP contribution in [-0.2, 0) is 34.0 Å². The van der Waals surface area contributed by atoms with E-state index in [-0.39, 0.29) is 19.8 Å². The topological polar surface area (TPSA) is 120 Å². The van der Waals surface area contributed by atoms with Crippen LogP contribution in [-0.4, -0.2) is 68.7 Å². The molecule has 0 saturated heterocycles. The molecule has 162 valence electrons. The van der Waals surface area contributed by atoms with Crippen LogP contribution in [0.4, 0.5) is 0 Å². The fraction of sp³-hybridized carbons (Fsp3) is 0.176. The van der Waals surface area contributed by atoms with E-state index in [2.05, 4.69) is 44.1 Å². The first-order valence-corrected chi connectivity index (χ1v) is 9.62. The molecule has 3 aromatic heterocycles. The van der Waals surface area contributed by atoms with Crippen LogP contribution in [0, 0.1) is 0 Å². The maximum absolute atomic E-state index is 6.04. The summed E-state index contributed by atoms with van der Waals surface area (Å²) in [6.07, 6.45) is 10.0. The first kappa shape index (κ1) is 22.7. The number of rotatable bonds is 12. The SMILES string of the molecule is Bn1cc(CO/C(C=C)=C(OCc2cn(B)nn2)/C(=C\C=C)OCc2cn(B)nn2)nn1. The molecule has 0 aromatic carbocycles. The van der Waals surface area contributed by atoms with Gasteiger partial charge in [-0.05, 0) is 12.2 Å². The van der Waals surface area contributed by atoms with E-state index in [1.807, 2.05) is 0 Å². The van der Waals surface area contributed by atoms with Crippen molar-refractivity contribution in [1.82, 2.24) is 44.7 Å². The first-order valence-electron chi connectivity index (χ1n) is 9.62. The van der Waals surface area contributed by atoms with Gasteiger partial charge in [0, 0.05) is 18.6 Å². The first-order chi connectivity index (χ1) is 15.5. The van der Waals surface area contributed by atoms with E-state index in [4.69, 9.17) is 14.2 Å². The van der Waals surface area contributed by atoms with Gasteiger partial charge in [0.15, 0.2) is 11.5 Å². The lowest BCUT2D eigenvalue weighted by atomic mass is 10.3. The van der Waals surface area contributed by atoms with Crippen LogP contribution < -0.4 is 0 Å². The number of aromatic nitrogens is 9. The number of ether oxygens (including phenoxy) is 3. The van der Waals surface area contributed by atoms with Gasteiger partial charge in [-0.15, -0.1) is 15.3 Å². The van der Waals surface area contributed by atoms with E-state index in [1.165, 1.54) is 6.08 Å². The zero-order valence-electron chi connectivity index (χ0n) is 18.2. The highest BCUT2D eigenvalue weighted by molar-refractivity contribution is 6.06. The lowest BCUT2D eigenvalue weighted by Crippen LogP contribution is -2.07. The second-order valence-corrected chi connectivity index (χ2v) is 6.68. The fourth-order valence-electron chi connectivity index (χ4n) is 2.61. The molecule has 12 nitrogen and oxygen atoms in total. The minimum atomic E-state index is 0.137. The van der Waals surface area contributed by atoms with Crippen molar-refractivity contribution < 1.29 is 14.2 Å². The minimum absolute atomic E-state index is 0.137. The molecule has 0 aliphatic rings. The summed E-state index contributed by atoms with van der Waals surface area (Å²) in [4.78, 5) is 0. The summed E-state index contributed by atoms with van der Waals surface area (Å²) in [7, 11) is 5.34. The van der Waals surface area contributed by atoms with Crippen molar-refractivity contribution >= 4 is 23.9 Å². The Kier molecular flexibility index (Phi) is 7.67. The van der Waals surface area contributed by atoms with Crippen molar-refractivity contribution in [3.8, 4) is 0 Å². The zero-order valence-corrected chi connectivity index (χ0v) is 18.2. The number of hydrogen-bond donors (Lipinski definition) is 0. The highest BCUT2D eigenvalue weighted by atomic mass is 16.5. The van der Waals surface area contributed by atoms with Gasteiger partial charge >= 0.3 is 0 Å². The van der Waals surface area contributed by atoms with Gasteiger partial charge in [-0.25, -0.2) is 0 Å². The summed E-state index contributed by atoms with van der Waals surface area (Å²) in [6, 6.07) is 0. The van der Waals surface area contributed by atoms with Gasteiger partial charge in [0.1, 0.15) is 36.9 Å². The summed E-state index contributed by atoms with van der Waals surface area (Å²) in [5, 5.41) is 23.8. The molecule has 0 spiro atoms. The number of nitrogens with zero attached hydrogens (tertiary/aromatic N) is 9. The van der Waals surface area contributed by atoms with Crippen LogP contribution in [0.2, 0.25) is 0 Å². The van der Waals surface area contributed by atoms with Gasteiger partial charge in [-0.2, -0.15) is 0 Å². The van der Waals surface area contributed by atoms with Crippen molar-refractivity contribution in [2.75, 3.05) is 0 Å². The molecule has 0 fully saturated rings. The van der Waals surface area contributed by atoms with Crippen molar-refractivity contribution in [2.45, 2.75) is 19.8 Å². The van der Waals surface area contributed by atoms with E-state index >= 15 is 0 Å². The van der Waals surface area contributed by atoms with Gasteiger partial charge in [0.2, 0.25) is 5.76 Å². The van der Waals surface area contributed by atoms with Crippen molar-refractivity contribution in [3.63, 3.8) is 0 Å². The molecule has 0 bridgehead atoms. The highest BCUT2D eigenvalue weighted by Gasteiger charge is 2.17. The largest absolute Gasteiger partial charge is 0.483 e. The van der Waals surface area contributed by atoms with E-state index in [9.17, 15) is 0 Å². The summed E-state index contributed by atoms with van der Waals surface area (Å²) in [6.45, 7) is 8.09. The molecule has 0 unspecified atom stereocenters. The zero-order chi connectivity index (χ0) is 22.9. The molecule has 0 aliphatic carbocycles. The summed E-state index contributed by atoms with van der Waals surface area (Å²) in [5.41, 5.74) is 1.93. The molecule has 15 heteroatoms. The molecular formula is C17H22B3N9O3. The Hall–Kier alpha value is -4.03. The van der Waals surface area contributed by atoms with Crippen LogP contribution in [0.1, 0.15) is 17.1 Å². The molecule has 0 atom stereocenters. The molecule has 3 heterocycles. The van der Waals surface area contributed by atoms with Crippen molar-refractivity contribution in [2.24, 2.45) is 0 Å². The highest BCUT2D eigenvalue weighted by Crippen LogP contribution is 2.23. The fourth-order valence-corrected chi connectivity index (χ4v) is 2.61. The van der Waals surface area contributed by atoms with Gasteiger partial charge in [0.05, 0.1) is 0 Å². The molecule has 32 heavy (non-hydrogen) atoms. The lowest BCUT2D eigenvalue weighted by molar-refractivity contribution is 0.109. The third-order valence-corrected chi connectivity index (χ3v) is 3.97. The van der Waals surface area contributed by atoms with Crippen molar-refractivity contribution in [1.29, 1.82) is 0 Å². The summed E-state index contributed by atoms with van der Waals surface area (Å²) < 4.78 is 22.7. The van der Waals surface area contributed by atoms with Crippen LogP contribution in [0.15, 0.2) is 67.3 Å². The standard InChI is InChI=1S/C17H22B3N9O3/c1-3-5-16(31-10-13-7-28(19)25-22-13)17(32-11-14-8-29(20)26-23-14)15(4-2)30-9-12-6-27(18)24-21-12/h3-8H,1-2,9-11,18-20H2/b16-5+,17-15-. The Morgan fingerprint density at radius 1 is 0.781 bits per heavy atom. The molecule has 3 aromatic rings. The second-order valence-electron chi connectivity index (χ2n) is 6.68. The predicted molar refractivity (Wildman–Crippen MR) is 122 cm³/mol. The van der Waals surface area contributed by atoms with Crippen molar-refractivity contribution in [3.05, 3.63) is 84.3 Å². The summed E-state index contributed by atoms with van der Waals surface area (Å²) in [5.74, 6) is 1.05. The van der Waals surface area contributed by atoms with Gasteiger partial charge < -0.3 is 28.0 Å². The van der Waals surface area contributed by atoms with Gasteiger partial charge in [-0.1, -0.05) is 34.9 Å². The maximum Gasteiger partial charge on any atom is 0.251 e. The molecule has 0 amide bonds. The number of hydrogen-bond acceptors (Lipinski definition) is 9. The maximum atomic E-state index is 6.04. The van der Waals surface area contributed by atoms with E-state index in [0.717, 1.165) is 0 Å². The number of allylic oxidation sites excluding steroid dienone is 3. The Bertz CT molecular complexity index is 1140. The normalized spacial score (nSPS) is 12.2. The van der Waals surface area contributed by atoms with Gasteiger partial charge in [-0.3, -0.25) is 0 Å². The van der Waals surface area contributed by atoms with Gasteiger partial charge in [0.25, 0.3) is 23.9 Å². The Balaban J connectivity index is 1.85. The van der Waals surface area contributed by atoms with Crippen LogP contribution >= 0.6 is 0 Å². The summed E-state index contributed by atoms with van der Waals surface area (Å²) >= 11 is 0. The molecule has 0 aliphatic heterocycles. The monoisotopic (exact) mass is 433 g/mol. The third-order valence-electron chi connectivity index (χ3n) is 3.97. The lowest BCUT2D eigenvalue weighted by Gasteiger charge is -2.17. The smallest absolute Gasteiger partial charge is 0.251 e. The predicted octanol–water partition coefficient (Wildman–Crippen LogP) is -1.93. The quantitative estimate of drug-likeness (QED) is 0.183. The second kappa shape index (κ2) is 10.8. The molecule has 0 N–H and O–H groups in total. The van der Waals surface area contributed by atoms with Crippen LogP contribution in [0.25, 0.3) is 0 Å². The van der Waals surface area contributed by atoms with Crippen LogP contribution in [0.3, 0.4) is 0 Å². The Labute approximate surface area is 187 Å². The van der Waals surface area contributed by atoms with E-state index in [0.29, 0.717) is 34.4 Å². The van der Waals surface area contributed by atoms with E-state index < -0.39 is 0 Å². The molecule has 0 saturated carbocycles. The van der Waals surface area contributed by atoms with Crippen LogP contribution in [0.5, 0.6) is 0 Å². The molecule has 0 radical (unpaired) electrons.